The highest BCUT2D eigenvalue weighted by Crippen LogP contribution is 2.45. The van der Waals surface area contributed by atoms with Crippen molar-refractivity contribution in [3.8, 4) is 0 Å². The lowest BCUT2D eigenvalue weighted by molar-refractivity contribution is -0.140. The lowest BCUT2D eigenvalue weighted by Gasteiger charge is -2.01. The van der Waals surface area contributed by atoms with Crippen LogP contribution < -0.4 is 0 Å². The van der Waals surface area contributed by atoms with Crippen LogP contribution in [0.1, 0.15) is 90.4 Å². The number of carbonyl (C=O) groups excluding carboxylic acids is 1. The Kier molecular flexibility index (Phi) is 11.1. The lowest BCUT2D eigenvalue weighted by atomic mass is 10.1. The van der Waals surface area contributed by atoms with Crippen LogP contribution >= 0.6 is 0 Å². The number of hydrogen-bond donors (Lipinski definition) is 0. The lowest BCUT2D eigenvalue weighted by Crippen LogP contribution is -1.99. The van der Waals surface area contributed by atoms with Crippen molar-refractivity contribution in [1.29, 1.82) is 0 Å². The van der Waals surface area contributed by atoms with Crippen molar-refractivity contribution in [3.05, 3.63) is 12.2 Å². The molecular weight excluding hydrogens is 272 g/mol. The Labute approximate surface area is 137 Å². The standard InChI is InChI=1S/C20H36O2/c1-3-4-5-6-8-11-14-18-17-19(18)15-12-9-7-10-13-16-20(21)22-2/h8,11,18-19H,3-7,9-10,12-17H2,1-2H3/b11-8+. The van der Waals surface area contributed by atoms with Crippen molar-refractivity contribution in [2.24, 2.45) is 11.8 Å². The number of ether oxygens (including phenoxy) is 1. The molecule has 2 unspecified atom stereocenters. The van der Waals surface area contributed by atoms with Gasteiger partial charge in [-0.2, -0.15) is 0 Å². The molecule has 2 nitrogen and oxygen atoms in total. The van der Waals surface area contributed by atoms with Gasteiger partial charge in [-0.15, -0.1) is 0 Å². The average Bonchev–Trinajstić information content (AvgIpc) is 3.28. The molecule has 1 saturated carbocycles. The zero-order chi connectivity index (χ0) is 16.0. The van der Waals surface area contributed by atoms with Crippen molar-refractivity contribution in [2.45, 2.75) is 90.4 Å². The van der Waals surface area contributed by atoms with Gasteiger partial charge in [-0.05, 0) is 43.9 Å². The first-order valence-corrected chi connectivity index (χ1v) is 9.49. The van der Waals surface area contributed by atoms with Gasteiger partial charge in [-0.3, -0.25) is 4.79 Å². The Bertz CT molecular complexity index is 309. The average molecular weight is 309 g/mol. The second kappa shape index (κ2) is 12.7. The van der Waals surface area contributed by atoms with Crippen molar-refractivity contribution < 1.29 is 9.53 Å². The number of carbonyl (C=O) groups is 1. The Balaban J connectivity index is 1.83. The van der Waals surface area contributed by atoms with Gasteiger partial charge in [0.2, 0.25) is 0 Å². The van der Waals surface area contributed by atoms with Crippen LogP contribution in [0.25, 0.3) is 0 Å². The van der Waals surface area contributed by atoms with E-state index in [1.54, 1.807) is 0 Å². The van der Waals surface area contributed by atoms with Gasteiger partial charge in [0.05, 0.1) is 7.11 Å². The van der Waals surface area contributed by atoms with E-state index in [2.05, 4.69) is 23.8 Å². The maximum absolute atomic E-state index is 11.0. The van der Waals surface area contributed by atoms with E-state index in [1.165, 1.54) is 77.7 Å². The van der Waals surface area contributed by atoms with Gasteiger partial charge in [0, 0.05) is 6.42 Å². The van der Waals surface area contributed by atoms with Crippen LogP contribution in [0.15, 0.2) is 12.2 Å². The first kappa shape index (κ1) is 19.3. The number of esters is 1. The van der Waals surface area contributed by atoms with E-state index in [4.69, 9.17) is 0 Å². The minimum absolute atomic E-state index is 0.0661. The fraction of sp³-hybridized carbons (Fsp3) is 0.850. The second-order valence-electron chi connectivity index (χ2n) is 6.84. The molecule has 1 fully saturated rings. The van der Waals surface area contributed by atoms with Gasteiger partial charge in [0.15, 0.2) is 0 Å². The van der Waals surface area contributed by atoms with Gasteiger partial charge in [-0.25, -0.2) is 0 Å². The molecule has 0 aromatic heterocycles. The van der Waals surface area contributed by atoms with E-state index in [1.807, 2.05) is 0 Å². The van der Waals surface area contributed by atoms with Crippen LogP contribution in [0.3, 0.4) is 0 Å². The van der Waals surface area contributed by atoms with Crippen LogP contribution in [-0.4, -0.2) is 13.1 Å². The van der Waals surface area contributed by atoms with E-state index >= 15 is 0 Å². The molecular formula is C20H36O2. The van der Waals surface area contributed by atoms with Crippen LogP contribution in [0, 0.1) is 11.8 Å². The normalized spacial score (nSPS) is 20.5. The smallest absolute Gasteiger partial charge is 0.305 e. The summed E-state index contributed by atoms with van der Waals surface area (Å²) in [6, 6.07) is 0. The van der Waals surface area contributed by atoms with E-state index in [9.17, 15) is 4.79 Å². The zero-order valence-electron chi connectivity index (χ0n) is 14.8. The summed E-state index contributed by atoms with van der Waals surface area (Å²) in [4.78, 5) is 11.0. The molecule has 1 aliphatic rings. The Hall–Kier alpha value is -0.790. The van der Waals surface area contributed by atoms with Crippen molar-refractivity contribution in [2.75, 3.05) is 7.11 Å². The van der Waals surface area contributed by atoms with Gasteiger partial charge in [0.1, 0.15) is 0 Å². The number of unbranched alkanes of at least 4 members (excludes halogenated alkanes) is 7. The fourth-order valence-electron chi connectivity index (χ4n) is 3.16. The second-order valence-corrected chi connectivity index (χ2v) is 6.84. The summed E-state index contributed by atoms with van der Waals surface area (Å²) in [5, 5.41) is 0. The molecule has 2 heteroatoms. The molecule has 2 atom stereocenters. The van der Waals surface area contributed by atoms with Crippen LogP contribution in [0.2, 0.25) is 0 Å². The maximum atomic E-state index is 11.0. The van der Waals surface area contributed by atoms with Crippen molar-refractivity contribution in [1.82, 2.24) is 0 Å². The molecule has 0 aromatic rings. The van der Waals surface area contributed by atoms with Gasteiger partial charge < -0.3 is 4.74 Å². The molecule has 128 valence electrons. The summed E-state index contributed by atoms with van der Waals surface area (Å²) in [5.41, 5.74) is 0. The highest BCUT2D eigenvalue weighted by Gasteiger charge is 2.34. The highest BCUT2D eigenvalue weighted by molar-refractivity contribution is 5.68. The Morgan fingerprint density at radius 3 is 2.55 bits per heavy atom. The van der Waals surface area contributed by atoms with Gasteiger partial charge in [-0.1, -0.05) is 64.0 Å². The molecule has 0 N–H and O–H groups in total. The topological polar surface area (TPSA) is 26.3 Å². The molecule has 0 bridgehead atoms. The summed E-state index contributed by atoms with van der Waals surface area (Å²) in [7, 11) is 1.47. The van der Waals surface area contributed by atoms with Crippen LogP contribution in [0.5, 0.6) is 0 Å². The molecule has 22 heavy (non-hydrogen) atoms. The monoisotopic (exact) mass is 308 g/mol. The van der Waals surface area contributed by atoms with Crippen LogP contribution in [-0.2, 0) is 9.53 Å². The number of methoxy groups -OCH3 is 1. The van der Waals surface area contributed by atoms with E-state index in [-0.39, 0.29) is 5.97 Å². The van der Waals surface area contributed by atoms with Gasteiger partial charge >= 0.3 is 5.97 Å². The molecule has 0 spiro atoms. The molecule has 1 rings (SSSR count). The third kappa shape index (κ3) is 10.0. The first-order chi connectivity index (χ1) is 10.8. The molecule has 0 saturated heterocycles. The summed E-state index contributed by atoms with van der Waals surface area (Å²) in [6.45, 7) is 2.26. The Morgan fingerprint density at radius 2 is 1.77 bits per heavy atom. The molecule has 0 heterocycles. The van der Waals surface area contributed by atoms with Crippen molar-refractivity contribution >= 4 is 5.97 Å². The Morgan fingerprint density at radius 1 is 1.00 bits per heavy atom. The minimum Gasteiger partial charge on any atom is -0.469 e. The third-order valence-corrected chi connectivity index (χ3v) is 4.83. The highest BCUT2D eigenvalue weighted by atomic mass is 16.5. The fourth-order valence-corrected chi connectivity index (χ4v) is 3.16. The molecule has 0 aliphatic heterocycles. The summed E-state index contributed by atoms with van der Waals surface area (Å²) in [6.07, 6.45) is 21.1. The number of hydrogen-bond acceptors (Lipinski definition) is 2. The predicted octanol–water partition coefficient (Wildman–Crippen LogP) is 6.05. The molecule has 0 amide bonds. The van der Waals surface area contributed by atoms with E-state index in [0.717, 1.165) is 18.3 Å². The van der Waals surface area contributed by atoms with E-state index in [0.29, 0.717) is 6.42 Å². The zero-order valence-corrected chi connectivity index (χ0v) is 14.8. The largest absolute Gasteiger partial charge is 0.469 e. The number of rotatable bonds is 14. The van der Waals surface area contributed by atoms with Crippen molar-refractivity contribution in [3.63, 3.8) is 0 Å². The predicted molar refractivity (Wildman–Crippen MR) is 93.8 cm³/mol. The molecule has 0 radical (unpaired) electrons. The summed E-state index contributed by atoms with van der Waals surface area (Å²) >= 11 is 0. The molecule has 0 aromatic carbocycles. The van der Waals surface area contributed by atoms with Gasteiger partial charge in [0.25, 0.3) is 0 Å². The summed E-state index contributed by atoms with van der Waals surface area (Å²) in [5.74, 6) is 1.93. The SMILES string of the molecule is CCCCC/C=C/CC1CC1CCCCCCCC(=O)OC. The minimum atomic E-state index is -0.0661. The third-order valence-electron chi connectivity index (χ3n) is 4.83. The first-order valence-electron chi connectivity index (χ1n) is 9.49. The number of allylic oxidation sites excluding steroid dienone is 2. The molecule has 1 aliphatic carbocycles. The van der Waals surface area contributed by atoms with E-state index < -0.39 is 0 Å². The maximum Gasteiger partial charge on any atom is 0.305 e. The van der Waals surface area contributed by atoms with Crippen LogP contribution in [0.4, 0.5) is 0 Å². The quantitative estimate of drug-likeness (QED) is 0.222. The summed E-state index contributed by atoms with van der Waals surface area (Å²) < 4.78 is 4.64.